The summed E-state index contributed by atoms with van der Waals surface area (Å²) in [7, 11) is 3.97. The first-order valence-corrected chi connectivity index (χ1v) is 10.9. The molecule has 1 saturated heterocycles. The molecule has 0 radical (unpaired) electrons. The molecule has 0 bridgehead atoms. The number of anilines is 2. The van der Waals surface area contributed by atoms with Crippen LogP contribution in [0.4, 0.5) is 11.6 Å². The molecule has 28 heavy (non-hydrogen) atoms. The Morgan fingerprint density at radius 1 is 1.11 bits per heavy atom. The number of nitrogens with zero attached hydrogens (tertiary/aromatic N) is 7. The summed E-state index contributed by atoms with van der Waals surface area (Å²) in [5.41, 5.74) is 2.24. The van der Waals surface area contributed by atoms with Crippen LogP contribution in [0.1, 0.15) is 11.3 Å². The van der Waals surface area contributed by atoms with Crippen LogP contribution >= 0.6 is 11.8 Å². The van der Waals surface area contributed by atoms with Gasteiger partial charge in [0.15, 0.2) is 0 Å². The lowest BCUT2D eigenvalue weighted by Crippen LogP contribution is -2.48. The van der Waals surface area contributed by atoms with Crippen LogP contribution in [-0.4, -0.2) is 77.2 Å². The second-order valence-electron chi connectivity index (χ2n) is 7.44. The van der Waals surface area contributed by atoms with Crippen molar-refractivity contribution in [3.63, 3.8) is 0 Å². The van der Waals surface area contributed by atoms with Gasteiger partial charge in [-0.3, -0.25) is 9.69 Å². The monoisotopic (exact) mass is 401 g/mol. The minimum Gasteiger partial charge on any atom is -0.363 e. The number of aromatic nitrogens is 4. The molecule has 2 aliphatic heterocycles. The van der Waals surface area contributed by atoms with E-state index in [1.807, 2.05) is 36.8 Å². The molecular weight excluding hydrogens is 374 g/mol. The second kappa shape index (κ2) is 8.48. The van der Waals surface area contributed by atoms with E-state index in [-0.39, 0.29) is 5.56 Å². The highest BCUT2D eigenvalue weighted by atomic mass is 32.2. The Hall–Kier alpha value is -2.13. The lowest BCUT2D eigenvalue weighted by molar-refractivity contribution is 0.242. The Bertz CT molecular complexity index is 877. The van der Waals surface area contributed by atoms with E-state index in [2.05, 4.69) is 24.9 Å². The van der Waals surface area contributed by atoms with Gasteiger partial charge < -0.3 is 9.80 Å². The van der Waals surface area contributed by atoms with Crippen LogP contribution in [-0.2, 0) is 18.7 Å². The Balaban J connectivity index is 1.33. The largest absolute Gasteiger partial charge is 0.363 e. The molecule has 1 fully saturated rings. The zero-order valence-corrected chi connectivity index (χ0v) is 17.4. The maximum atomic E-state index is 12.3. The van der Waals surface area contributed by atoms with Crippen molar-refractivity contribution >= 4 is 23.4 Å². The van der Waals surface area contributed by atoms with Gasteiger partial charge in [0.1, 0.15) is 18.0 Å². The first-order chi connectivity index (χ1) is 13.6. The smallest absolute Gasteiger partial charge is 0.267 e. The lowest BCUT2D eigenvalue weighted by atomic mass is 10.2. The van der Waals surface area contributed by atoms with Crippen molar-refractivity contribution in [2.45, 2.75) is 18.7 Å². The van der Waals surface area contributed by atoms with Gasteiger partial charge in [-0.05, 0) is 11.3 Å². The third-order valence-electron chi connectivity index (χ3n) is 5.33. The van der Waals surface area contributed by atoms with Crippen molar-refractivity contribution in [1.29, 1.82) is 0 Å². The third-order valence-corrected chi connectivity index (χ3v) is 6.33. The van der Waals surface area contributed by atoms with Gasteiger partial charge in [0.25, 0.3) is 5.56 Å². The molecule has 8 nitrogen and oxygen atoms in total. The van der Waals surface area contributed by atoms with Crippen molar-refractivity contribution in [2.24, 2.45) is 0 Å². The Morgan fingerprint density at radius 2 is 1.93 bits per heavy atom. The van der Waals surface area contributed by atoms with Gasteiger partial charge in [0.2, 0.25) is 0 Å². The molecule has 0 saturated carbocycles. The summed E-state index contributed by atoms with van der Waals surface area (Å²) < 4.78 is 1.65. The van der Waals surface area contributed by atoms with E-state index >= 15 is 0 Å². The van der Waals surface area contributed by atoms with Crippen molar-refractivity contribution in [3.05, 3.63) is 40.1 Å². The van der Waals surface area contributed by atoms with Crippen LogP contribution in [0.5, 0.6) is 0 Å². The molecule has 2 aliphatic rings. The number of aryl methyl sites for hydroxylation is 1. The highest BCUT2D eigenvalue weighted by molar-refractivity contribution is 7.98. The summed E-state index contributed by atoms with van der Waals surface area (Å²) in [6, 6.07) is 3.81. The van der Waals surface area contributed by atoms with E-state index in [1.54, 1.807) is 17.1 Å². The molecule has 0 N–H and O–H groups in total. The number of fused-ring (bicyclic) bond motifs is 1. The highest BCUT2D eigenvalue weighted by Gasteiger charge is 2.19. The lowest BCUT2D eigenvalue weighted by Gasteiger charge is -2.35. The minimum atomic E-state index is 0.0251. The Kier molecular flexibility index (Phi) is 5.82. The zero-order chi connectivity index (χ0) is 19.5. The van der Waals surface area contributed by atoms with Crippen LogP contribution < -0.4 is 15.4 Å². The molecule has 4 heterocycles. The molecule has 0 spiro atoms. The quantitative estimate of drug-likeness (QED) is 0.726. The van der Waals surface area contributed by atoms with Crippen molar-refractivity contribution in [1.82, 2.24) is 24.6 Å². The van der Waals surface area contributed by atoms with Crippen LogP contribution in [0.15, 0.2) is 23.3 Å². The summed E-state index contributed by atoms with van der Waals surface area (Å²) in [4.78, 5) is 27.7. The first kappa shape index (κ1) is 19.2. The molecule has 0 unspecified atom stereocenters. The maximum Gasteiger partial charge on any atom is 0.267 e. The van der Waals surface area contributed by atoms with Gasteiger partial charge in [-0.2, -0.15) is 16.9 Å². The molecule has 0 amide bonds. The highest BCUT2D eigenvalue weighted by Crippen LogP contribution is 2.21. The van der Waals surface area contributed by atoms with E-state index in [1.165, 1.54) is 0 Å². The molecular formula is C19H27N7OS. The van der Waals surface area contributed by atoms with Gasteiger partial charge in [-0.1, -0.05) is 0 Å². The predicted molar refractivity (Wildman–Crippen MR) is 113 cm³/mol. The van der Waals surface area contributed by atoms with Gasteiger partial charge in [0, 0.05) is 71.1 Å². The molecule has 0 atom stereocenters. The Labute approximate surface area is 169 Å². The number of rotatable bonds is 5. The molecule has 2 aromatic rings. The molecule has 2 aromatic heterocycles. The van der Waals surface area contributed by atoms with Crippen LogP contribution in [0.3, 0.4) is 0 Å². The zero-order valence-electron chi connectivity index (χ0n) is 16.5. The van der Waals surface area contributed by atoms with Crippen LogP contribution in [0.25, 0.3) is 0 Å². The second-order valence-corrected chi connectivity index (χ2v) is 8.54. The van der Waals surface area contributed by atoms with E-state index in [4.69, 9.17) is 0 Å². The number of thioether (sulfide) groups is 1. The molecule has 0 aromatic carbocycles. The minimum absolute atomic E-state index is 0.0251. The average Bonchev–Trinajstić information content (AvgIpc) is 2.72. The number of hydrogen-bond donors (Lipinski definition) is 0. The van der Waals surface area contributed by atoms with E-state index in [0.29, 0.717) is 6.54 Å². The van der Waals surface area contributed by atoms with E-state index in [0.717, 1.165) is 73.5 Å². The van der Waals surface area contributed by atoms with Crippen LogP contribution in [0, 0.1) is 0 Å². The average molecular weight is 402 g/mol. The topological polar surface area (TPSA) is 70.4 Å². The summed E-state index contributed by atoms with van der Waals surface area (Å²) in [5, 5.41) is 4.62. The van der Waals surface area contributed by atoms with Gasteiger partial charge in [-0.25, -0.2) is 14.6 Å². The molecule has 4 rings (SSSR count). The standard InChI is InChI=1S/C19H27N7OS/c1-23(2)17-12-18(21-14-20-17)25-7-4-24(5-8-25)6-9-26-19(27)11-15-13-28-10-3-16(15)22-26/h11-12,14H,3-10,13H2,1-2H3. The molecule has 150 valence electrons. The third kappa shape index (κ3) is 4.30. The molecule has 0 aliphatic carbocycles. The summed E-state index contributed by atoms with van der Waals surface area (Å²) in [6.07, 6.45) is 2.59. The van der Waals surface area contributed by atoms with Gasteiger partial charge in [0.05, 0.1) is 12.2 Å². The van der Waals surface area contributed by atoms with Crippen molar-refractivity contribution in [2.75, 3.05) is 62.4 Å². The number of hydrogen-bond acceptors (Lipinski definition) is 8. The number of piperazine rings is 1. The maximum absolute atomic E-state index is 12.3. The predicted octanol–water partition coefficient (Wildman–Crippen LogP) is 0.711. The van der Waals surface area contributed by atoms with Gasteiger partial charge in [-0.15, -0.1) is 0 Å². The SMILES string of the molecule is CN(C)c1cc(N2CCN(CCn3nc4c(cc3=O)CSCC4)CC2)ncn1. The Morgan fingerprint density at radius 3 is 2.71 bits per heavy atom. The summed E-state index contributed by atoms with van der Waals surface area (Å²) >= 11 is 1.88. The fraction of sp³-hybridized carbons (Fsp3) is 0.579. The fourth-order valence-corrected chi connectivity index (χ4v) is 4.56. The molecule has 9 heteroatoms. The summed E-state index contributed by atoms with van der Waals surface area (Å²) in [5.74, 6) is 3.91. The van der Waals surface area contributed by atoms with Crippen molar-refractivity contribution < 1.29 is 0 Å². The fourth-order valence-electron chi connectivity index (χ4n) is 3.60. The van der Waals surface area contributed by atoms with Gasteiger partial charge >= 0.3 is 0 Å². The first-order valence-electron chi connectivity index (χ1n) is 9.74. The normalized spacial score (nSPS) is 17.4. The van der Waals surface area contributed by atoms with E-state index in [9.17, 15) is 4.79 Å². The van der Waals surface area contributed by atoms with Crippen LogP contribution in [0.2, 0.25) is 0 Å². The van der Waals surface area contributed by atoms with E-state index < -0.39 is 0 Å². The summed E-state index contributed by atoms with van der Waals surface area (Å²) in [6.45, 7) is 5.26. The van der Waals surface area contributed by atoms with Crippen molar-refractivity contribution in [3.8, 4) is 0 Å².